The second-order valence-corrected chi connectivity index (χ2v) is 4.33. The van der Waals surface area contributed by atoms with Crippen LogP contribution in [0.3, 0.4) is 0 Å². The molecule has 14 heavy (non-hydrogen) atoms. The fourth-order valence-corrected chi connectivity index (χ4v) is 2.53. The van der Waals surface area contributed by atoms with Crippen molar-refractivity contribution in [3.8, 4) is 0 Å². The van der Waals surface area contributed by atoms with Crippen molar-refractivity contribution in [1.29, 1.82) is 0 Å². The number of piperidine rings is 1. The SMILES string of the molecule is O=C(NC1C2CNCC21)c1cnsn1. The van der Waals surface area contributed by atoms with Crippen LogP contribution in [0.5, 0.6) is 0 Å². The Balaban J connectivity index is 1.61. The predicted octanol–water partition coefficient (Wildman–Crippen LogP) is -0.514. The van der Waals surface area contributed by atoms with Gasteiger partial charge in [0.25, 0.3) is 5.91 Å². The zero-order chi connectivity index (χ0) is 9.54. The van der Waals surface area contributed by atoms with E-state index in [1.807, 2.05) is 0 Å². The van der Waals surface area contributed by atoms with Gasteiger partial charge in [-0.05, 0) is 11.8 Å². The monoisotopic (exact) mass is 210 g/mol. The molecule has 5 nitrogen and oxygen atoms in total. The van der Waals surface area contributed by atoms with Gasteiger partial charge < -0.3 is 10.6 Å². The summed E-state index contributed by atoms with van der Waals surface area (Å²) in [6.07, 6.45) is 1.51. The molecule has 74 valence electrons. The molecule has 1 aromatic rings. The summed E-state index contributed by atoms with van der Waals surface area (Å²) in [4.78, 5) is 11.6. The molecule has 1 amide bonds. The van der Waals surface area contributed by atoms with Crippen molar-refractivity contribution in [2.45, 2.75) is 6.04 Å². The molecule has 0 bridgehead atoms. The van der Waals surface area contributed by atoms with E-state index in [-0.39, 0.29) is 5.91 Å². The van der Waals surface area contributed by atoms with Crippen molar-refractivity contribution < 1.29 is 4.79 Å². The third-order valence-electron chi connectivity index (χ3n) is 2.98. The van der Waals surface area contributed by atoms with Gasteiger partial charge in [-0.3, -0.25) is 4.79 Å². The van der Waals surface area contributed by atoms with E-state index in [1.165, 1.54) is 6.20 Å². The van der Waals surface area contributed by atoms with Crippen molar-refractivity contribution in [3.05, 3.63) is 11.9 Å². The molecule has 0 radical (unpaired) electrons. The summed E-state index contributed by atoms with van der Waals surface area (Å²) in [5.74, 6) is 1.20. The smallest absolute Gasteiger partial charge is 0.272 e. The molecule has 3 rings (SSSR count). The van der Waals surface area contributed by atoms with Gasteiger partial charge in [-0.1, -0.05) is 0 Å². The summed E-state index contributed by atoms with van der Waals surface area (Å²) in [6, 6.07) is 0.366. The van der Waals surface area contributed by atoms with Crippen LogP contribution in [0.2, 0.25) is 0 Å². The van der Waals surface area contributed by atoms with Crippen molar-refractivity contribution in [1.82, 2.24) is 19.4 Å². The number of rotatable bonds is 2. The quantitative estimate of drug-likeness (QED) is 0.689. The van der Waals surface area contributed by atoms with Gasteiger partial charge in [-0.15, -0.1) is 0 Å². The second-order valence-electron chi connectivity index (χ2n) is 3.78. The predicted molar refractivity (Wildman–Crippen MR) is 51.0 cm³/mol. The molecule has 1 aliphatic carbocycles. The number of aromatic nitrogens is 2. The Morgan fingerprint density at radius 3 is 3.00 bits per heavy atom. The standard InChI is InChI=1S/C8H10N4OS/c13-8(6-3-10-14-12-6)11-7-4-1-9-2-5(4)7/h3-5,7,9H,1-2H2,(H,11,13). The maximum Gasteiger partial charge on any atom is 0.272 e. The lowest BCUT2D eigenvalue weighted by Gasteiger charge is -2.05. The molecule has 2 N–H and O–H groups in total. The Hall–Kier alpha value is -1.01. The lowest BCUT2D eigenvalue weighted by Crippen LogP contribution is -2.32. The first-order valence-electron chi connectivity index (χ1n) is 4.65. The van der Waals surface area contributed by atoms with Gasteiger partial charge in [0, 0.05) is 19.1 Å². The van der Waals surface area contributed by atoms with Crippen LogP contribution in [0.1, 0.15) is 10.5 Å². The van der Waals surface area contributed by atoms with Crippen LogP contribution < -0.4 is 10.6 Å². The highest BCUT2D eigenvalue weighted by atomic mass is 32.1. The largest absolute Gasteiger partial charge is 0.347 e. The summed E-state index contributed by atoms with van der Waals surface area (Å²) in [7, 11) is 0. The average molecular weight is 210 g/mol. The number of hydrogen-bond donors (Lipinski definition) is 2. The van der Waals surface area contributed by atoms with Gasteiger partial charge in [-0.25, -0.2) is 0 Å². The molecule has 1 saturated heterocycles. The molecule has 2 atom stereocenters. The summed E-state index contributed by atoms with van der Waals surface area (Å²) in [5, 5.41) is 6.27. The minimum absolute atomic E-state index is 0.0850. The van der Waals surface area contributed by atoms with E-state index in [4.69, 9.17) is 0 Å². The molecular weight excluding hydrogens is 200 g/mol. The van der Waals surface area contributed by atoms with Gasteiger partial charge >= 0.3 is 0 Å². The van der Waals surface area contributed by atoms with Crippen LogP contribution in [0.4, 0.5) is 0 Å². The number of carbonyl (C=O) groups excluding carboxylic acids is 1. The minimum Gasteiger partial charge on any atom is -0.347 e. The second kappa shape index (κ2) is 2.99. The maximum atomic E-state index is 11.6. The lowest BCUT2D eigenvalue weighted by molar-refractivity contribution is 0.0942. The van der Waals surface area contributed by atoms with Crippen LogP contribution in [0.25, 0.3) is 0 Å². The third-order valence-corrected chi connectivity index (χ3v) is 3.46. The van der Waals surface area contributed by atoms with E-state index in [9.17, 15) is 4.79 Å². The Labute approximate surface area is 85.2 Å². The number of nitrogens with one attached hydrogen (secondary N) is 2. The van der Waals surface area contributed by atoms with E-state index in [2.05, 4.69) is 19.4 Å². The molecule has 0 aromatic carbocycles. The van der Waals surface area contributed by atoms with Gasteiger partial charge in [0.1, 0.15) is 0 Å². The molecule has 2 heterocycles. The Morgan fingerprint density at radius 2 is 2.36 bits per heavy atom. The number of nitrogens with zero attached hydrogens (tertiary/aromatic N) is 2. The molecule has 1 saturated carbocycles. The van der Waals surface area contributed by atoms with Crippen LogP contribution in [0, 0.1) is 11.8 Å². The zero-order valence-electron chi connectivity index (χ0n) is 7.43. The molecular formula is C8H10N4OS. The maximum absolute atomic E-state index is 11.6. The van der Waals surface area contributed by atoms with Crippen LogP contribution in [-0.2, 0) is 0 Å². The highest BCUT2D eigenvalue weighted by Gasteiger charge is 2.53. The number of carbonyl (C=O) groups is 1. The third kappa shape index (κ3) is 1.22. The molecule has 2 aliphatic rings. The Morgan fingerprint density at radius 1 is 1.57 bits per heavy atom. The van der Waals surface area contributed by atoms with Crippen molar-refractivity contribution in [3.63, 3.8) is 0 Å². The lowest BCUT2D eigenvalue weighted by atomic mass is 10.4. The molecule has 1 aliphatic heterocycles. The molecule has 6 heteroatoms. The number of hydrogen-bond acceptors (Lipinski definition) is 5. The first-order valence-corrected chi connectivity index (χ1v) is 5.38. The highest BCUT2D eigenvalue weighted by molar-refractivity contribution is 6.99. The van der Waals surface area contributed by atoms with Crippen molar-refractivity contribution in [2.24, 2.45) is 11.8 Å². The summed E-state index contributed by atoms with van der Waals surface area (Å²) in [6.45, 7) is 2.07. The topological polar surface area (TPSA) is 66.9 Å². The molecule has 2 fully saturated rings. The molecule has 0 spiro atoms. The fraction of sp³-hybridized carbons (Fsp3) is 0.625. The number of fused-ring (bicyclic) bond motifs is 1. The van der Waals surface area contributed by atoms with Crippen LogP contribution in [-0.4, -0.2) is 33.8 Å². The van der Waals surface area contributed by atoms with Gasteiger partial charge in [0.15, 0.2) is 5.69 Å². The van der Waals surface area contributed by atoms with Crippen LogP contribution >= 0.6 is 11.7 Å². The van der Waals surface area contributed by atoms with E-state index in [0.29, 0.717) is 23.6 Å². The van der Waals surface area contributed by atoms with E-state index in [1.54, 1.807) is 0 Å². The average Bonchev–Trinajstić information content (AvgIpc) is 2.75. The first-order chi connectivity index (χ1) is 6.86. The highest BCUT2D eigenvalue weighted by Crippen LogP contribution is 2.41. The number of amides is 1. The molecule has 1 aromatic heterocycles. The van der Waals surface area contributed by atoms with Crippen molar-refractivity contribution in [2.75, 3.05) is 13.1 Å². The normalized spacial score (nSPS) is 33.9. The fourth-order valence-electron chi connectivity index (χ4n) is 2.12. The van der Waals surface area contributed by atoms with Gasteiger partial charge in [0.05, 0.1) is 17.9 Å². The van der Waals surface area contributed by atoms with Gasteiger partial charge in [-0.2, -0.15) is 8.75 Å². The summed E-state index contributed by atoms with van der Waals surface area (Å²) >= 11 is 1.06. The molecule has 2 unspecified atom stereocenters. The minimum atomic E-state index is -0.0850. The Bertz CT molecular complexity index is 342. The summed E-state index contributed by atoms with van der Waals surface area (Å²) < 4.78 is 7.69. The first kappa shape index (κ1) is 8.31. The summed E-state index contributed by atoms with van der Waals surface area (Å²) in [5.41, 5.74) is 0.438. The van der Waals surface area contributed by atoms with E-state index >= 15 is 0 Å². The van der Waals surface area contributed by atoms with Gasteiger partial charge in [0.2, 0.25) is 0 Å². The van der Waals surface area contributed by atoms with E-state index in [0.717, 1.165) is 24.8 Å². The van der Waals surface area contributed by atoms with Crippen molar-refractivity contribution >= 4 is 17.6 Å². The van der Waals surface area contributed by atoms with Crippen LogP contribution in [0.15, 0.2) is 6.20 Å². The zero-order valence-corrected chi connectivity index (χ0v) is 8.25. The Kier molecular flexibility index (Phi) is 1.78. The van der Waals surface area contributed by atoms with E-state index < -0.39 is 0 Å².